The summed E-state index contributed by atoms with van der Waals surface area (Å²) >= 11 is 0. The molecule has 0 spiro atoms. The Morgan fingerprint density at radius 2 is 0.786 bits per heavy atom. The molecule has 0 aliphatic carbocycles. The van der Waals surface area contributed by atoms with Crippen molar-refractivity contribution >= 4 is 39.0 Å². The summed E-state index contributed by atoms with van der Waals surface area (Å²) in [5.74, 6) is 0.654. The van der Waals surface area contributed by atoms with Crippen LogP contribution in [0.1, 0.15) is 0 Å². The van der Waals surface area contributed by atoms with Gasteiger partial charge in [0.05, 0.1) is 11.4 Å². The molecule has 2 heterocycles. The van der Waals surface area contributed by atoms with Gasteiger partial charge in [-0.25, -0.2) is 9.97 Å². The highest BCUT2D eigenvalue weighted by Gasteiger charge is 2.20. The van der Waals surface area contributed by atoms with Crippen molar-refractivity contribution in [2.45, 2.75) is 0 Å². The van der Waals surface area contributed by atoms with Gasteiger partial charge in [0.15, 0.2) is 5.82 Å². The lowest BCUT2D eigenvalue weighted by atomic mass is 10.0. The molecular weight excluding hydrogens is 683 g/mol. The lowest BCUT2D eigenvalue weighted by molar-refractivity contribution is 0.669. The molecule has 0 atom stereocenters. The molecule has 264 valence electrons. The van der Waals surface area contributed by atoms with Crippen molar-refractivity contribution in [2.75, 3.05) is 4.90 Å². The van der Waals surface area contributed by atoms with Crippen LogP contribution in [-0.4, -0.2) is 9.97 Å². The summed E-state index contributed by atoms with van der Waals surface area (Å²) in [6, 6.07) is 73.8. The maximum Gasteiger partial charge on any atom is 0.161 e. The van der Waals surface area contributed by atoms with Crippen LogP contribution in [0.15, 0.2) is 217 Å². The van der Waals surface area contributed by atoms with E-state index in [2.05, 4.69) is 157 Å². The normalized spacial score (nSPS) is 11.2. The summed E-state index contributed by atoms with van der Waals surface area (Å²) in [7, 11) is 0. The topological polar surface area (TPSA) is 42.2 Å². The summed E-state index contributed by atoms with van der Waals surface area (Å²) in [5, 5.41) is 2.00. The monoisotopic (exact) mass is 717 g/mol. The molecule has 56 heavy (non-hydrogen) atoms. The van der Waals surface area contributed by atoms with Gasteiger partial charge in [-0.05, 0) is 70.8 Å². The van der Waals surface area contributed by atoms with Gasteiger partial charge in [0.2, 0.25) is 0 Å². The Kier molecular flexibility index (Phi) is 8.47. The SMILES string of the molecule is c1ccc(-c2ccc(N(c3ccc(-c4ccccc4)cc3)c3ccc4c(c3)oc3cccc(-c5nc(-c6ccccc6)cc(-c6ccccc6)n5)c34)cc2)cc1. The Balaban J connectivity index is 1.10. The number of furan rings is 1. The number of rotatable bonds is 8. The molecule has 0 aliphatic rings. The lowest BCUT2D eigenvalue weighted by Crippen LogP contribution is -2.09. The van der Waals surface area contributed by atoms with Crippen molar-refractivity contribution in [2.24, 2.45) is 0 Å². The number of fused-ring (bicyclic) bond motifs is 3. The van der Waals surface area contributed by atoms with Gasteiger partial charge < -0.3 is 9.32 Å². The molecule has 10 aromatic rings. The summed E-state index contributed by atoms with van der Waals surface area (Å²) in [6.07, 6.45) is 0. The Morgan fingerprint density at radius 1 is 0.339 bits per heavy atom. The second-order valence-corrected chi connectivity index (χ2v) is 13.8. The van der Waals surface area contributed by atoms with Crippen LogP contribution < -0.4 is 4.90 Å². The molecule has 10 rings (SSSR count). The van der Waals surface area contributed by atoms with Crippen molar-refractivity contribution in [3.8, 4) is 56.2 Å². The molecule has 4 nitrogen and oxygen atoms in total. The third kappa shape index (κ3) is 6.29. The van der Waals surface area contributed by atoms with Crippen LogP contribution in [-0.2, 0) is 0 Å². The van der Waals surface area contributed by atoms with E-state index in [1.165, 1.54) is 22.3 Å². The predicted octanol–water partition coefficient (Wildman–Crippen LogP) is 14.2. The Bertz CT molecular complexity index is 2780. The molecular formula is C52H35N3O. The first-order chi connectivity index (χ1) is 27.7. The molecule has 0 unspecified atom stereocenters. The van der Waals surface area contributed by atoms with Gasteiger partial charge in [-0.2, -0.15) is 0 Å². The molecule has 2 aromatic heterocycles. The minimum atomic E-state index is 0.654. The van der Waals surface area contributed by atoms with Crippen molar-refractivity contribution in [1.82, 2.24) is 9.97 Å². The van der Waals surface area contributed by atoms with E-state index in [9.17, 15) is 0 Å². The average molecular weight is 718 g/mol. The fourth-order valence-corrected chi connectivity index (χ4v) is 7.54. The second-order valence-electron chi connectivity index (χ2n) is 13.8. The fraction of sp³-hybridized carbons (Fsp3) is 0. The van der Waals surface area contributed by atoms with E-state index in [1.807, 2.05) is 60.7 Å². The Labute approximate surface area is 325 Å². The second kappa shape index (κ2) is 14.3. The van der Waals surface area contributed by atoms with Gasteiger partial charge in [0.25, 0.3) is 0 Å². The molecule has 0 aliphatic heterocycles. The number of benzene rings is 8. The van der Waals surface area contributed by atoms with Crippen LogP contribution in [0.2, 0.25) is 0 Å². The molecule has 8 aromatic carbocycles. The highest BCUT2D eigenvalue weighted by atomic mass is 16.3. The summed E-state index contributed by atoms with van der Waals surface area (Å²) < 4.78 is 6.68. The molecule has 0 bridgehead atoms. The van der Waals surface area contributed by atoms with Gasteiger partial charge in [-0.15, -0.1) is 0 Å². The number of hydrogen-bond donors (Lipinski definition) is 0. The van der Waals surface area contributed by atoms with Crippen molar-refractivity contribution in [3.63, 3.8) is 0 Å². The third-order valence-corrected chi connectivity index (χ3v) is 10.3. The smallest absolute Gasteiger partial charge is 0.161 e. The molecule has 0 saturated carbocycles. The van der Waals surface area contributed by atoms with Crippen LogP contribution in [0.3, 0.4) is 0 Å². The highest BCUT2D eigenvalue weighted by Crippen LogP contribution is 2.42. The minimum absolute atomic E-state index is 0.654. The highest BCUT2D eigenvalue weighted by molar-refractivity contribution is 6.12. The fourth-order valence-electron chi connectivity index (χ4n) is 7.54. The quantitative estimate of drug-likeness (QED) is 0.157. The zero-order valence-corrected chi connectivity index (χ0v) is 30.5. The van der Waals surface area contributed by atoms with Crippen molar-refractivity contribution in [3.05, 3.63) is 212 Å². The first-order valence-electron chi connectivity index (χ1n) is 18.8. The number of nitrogens with zero attached hydrogens (tertiary/aromatic N) is 3. The zero-order valence-electron chi connectivity index (χ0n) is 30.5. The van der Waals surface area contributed by atoms with Gasteiger partial charge in [0.1, 0.15) is 11.2 Å². The van der Waals surface area contributed by atoms with Crippen molar-refractivity contribution < 1.29 is 4.42 Å². The number of aromatic nitrogens is 2. The number of hydrogen-bond acceptors (Lipinski definition) is 4. The molecule has 0 N–H and O–H groups in total. The van der Waals surface area contributed by atoms with E-state index in [-0.39, 0.29) is 0 Å². The third-order valence-electron chi connectivity index (χ3n) is 10.3. The lowest BCUT2D eigenvalue weighted by Gasteiger charge is -2.26. The minimum Gasteiger partial charge on any atom is -0.456 e. The van der Waals surface area contributed by atoms with E-state index in [4.69, 9.17) is 14.4 Å². The van der Waals surface area contributed by atoms with Gasteiger partial charge in [0, 0.05) is 50.6 Å². The van der Waals surface area contributed by atoms with Crippen molar-refractivity contribution in [1.29, 1.82) is 0 Å². The van der Waals surface area contributed by atoms with Crippen LogP contribution in [0.5, 0.6) is 0 Å². The summed E-state index contributed by atoms with van der Waals surface area (Å²) in [6.45, 7) is 0. The predicted molar refractivity (Wildman–Crippen MR) is 231 cm³/mol. The van der Waals surface area contributed by atoms with E-state index in [0.717, 1.165) is 67.1 Å². The van der Waals surface area contributed by atoms with Crippen LogP contribution in [0.25, 0.3) is 78.1 Å². The van der Waals surface area contributed by atoms with E-state index in [0.29, 0.717) is 5.82 Å². The molecule has 4 heteroatoms. The van der Waals surface area contributed by atoms with E-state index >= 15 is 0 Å². The summed E-state index contributed by atoms with van der Waals surface area (Å²) in [4.78, 5) is 12.6. The van der Waals surface area contributed by atoms with Crippen LogP contribution in [0.4, 0.5) is 17.1 Å². The van der Waals surface area contributed by atoms with Crippen LogP contribution in [0, 0.1) is 0 Å². The Morgan fingerprint density at radius 3 is 1.29 bits per heavy atom. The maximum absolute atomic E-state index is 6.68. The standard InChI is InChI=1S/C52H35N3O/c1-5-14-36(15-6-1)38-24-28-42(29-25-38)55(43-30-26-39(27-31-43)37-16-7-2-8-17-37)44-32-33-45-50(34-44)56-49-23-13-22-46(51(45)49)52-53-47(40-18-9-3-10-19-40)35-48(54-52)41-20-11-4-12-21-41/h1-35H. The van der Waals surface area contributed by atoms with Gasteiger partial charge in [-0.1, -0.05) is 158 Å². The largest absolute Gasteiger partial charge is 0.456 e. The van der Waals surface area contributed by atoms with Gasteiger partial charge in [-0.3, -0.25) is 0 Å². The average Bonchev–Trinajstić information content (AvgIpc) is 3.66. The van der Waals surface area contributed by atoms with E-state index < -0.39 is 0 Å². The van der Waals surface area contributed by atoms with E-state index in [1.54, 1.807) is 0 Å². The Hall–Kier alpha value is -7.56. The van der Waals surface area contributed by atoms with Gasteiger partial charge >= 0.3 is 0 Å². The summed E-state index contributed by atoms with van der Waals surface area (Å²) in [5.41, 5.74) is 14.1. The zero-order chi connectivity index (χ0) is 37.3. The molecule has 0 amide bonds. The first kappa shape index (κ1) is 33.0. The molecule has 0 radical (unpaired) electrons. The number of anilines is 3. The molecule has 0 saturated heterocycles. The maximum atomic E-state index is 6.68. The molecule has 0 fully saturated rings. The van der Waals surface area contributed by atoms with Crippen LogP contribution >= 0.6 is 0 Å². The first-order valence-corrected chi connectivity index (χ1v) is 18.8.